The Kier molecular flexibility index (Phi) is 7.54. The molecule has 0 bridgehead atoms. The normalized spacial score (nSPS) is 12.9. The first-order valence-corrected chi connectivity index (χ1v) is 15.3. The lowest BCUT2D eigenvalue weighted by molar-refractivity contribution is 0.568. The average molecular weight is 554 g/mol. The summed E-state index contributed by atoms with van der Waals surface area (Å²) in [5.41, 5.74) is 9.26. The summed E-state index contributed by atoms with van der Waals surface area (Å²) < 4.78 is 2.36. The Morgan fingerprint density at radius 1 is 0.500 bits per heavy atom. The lowest BCUT2D eigenvalue weighted by Crippen LogP contribution is -2.55. The van der Waals surface area contributed by atoms with E-state index in [1.165, 1.54) is 37.9 Å². The van der Waals surface area contributed by atoms with Crippen molar-refractivity contribution in [1.82, 2.24) is 0 Å². The van der Waals surface area contributed by atoms with E-state index in [1.807, 2.05) is 6.07 Å². The Hall–Kier alpha value is -2.58. The molecular formula is C36H35B5S. The Bertz CT molecular complexity index is 1810. The standard InChI is InChI=1S/C36H35B5S/c1-34(2,3)19-15-18(16-20(17-19)35(4,5)6)21-13-14-24-27(28(21)36(7,8)9)25-22(11-10-12-23(25)42-24)26-29(37)31(39)33(41)32(40)30(26)38/h10-17H,1-9H3. The Morgan fingerprint density at radius 3 is 1.50 bits per heavy atom. The van der Waals surface area contributed by atoms with Gasteiger partial charge in [0.25, 0.3) is 0 Å². The molecule has 0 saturated heterocycles. The highest BCUT2D eigenvalue weighted by atomic mass is 32.1. The monoisotopic (exact) mass is 554 g/mol. The number of benzene rings is 4. The number of hydrogen-bond donors (Lipinski definition) is 0. The second-order valence-corrected chi connectivity index (χ2v) is 15.7. The number of hydrogen-bond acceptors (Lipinski definition) is 1. The summed E-state index contributed by atoms with van der Waals surface area (Å²) in [5, 5.41) is 2.32. The van der Waals surface area contributed by atoms with Crippen LogP contribution in [0.4, 0.5) is 0 Å². The van der Waals surface area contributed by atoms with Gasteiger partial charge in [0, 0.05) is 20.2 Å². The molecule has 0 saturated carbocycles. The summed E-state index contributed by atoms with van der Waals surface area (Å²) in [7, 11) is 32.1. The number of fused-ring (bicyclic) bond motifs is 3. The number of rotatable bonds is 2. The third-order valence-electron chi connectivity index (χ3n) is 8.36. The van der Waals surface area contributed by atoms with Crippen molar-refractivity contribution < 1.29 is 0 Å². The Balaban J connectivity index is 1.97. The Labute approximate surface area is 263 Å². The van der Waals surface area contributed by atoms with Crippen LogP contribution in [0, 0.1) is 0 Å². The molecule has 5 aromatic rings. The van der Waals surface area contributed by atoms with Crippen molar-refractivity contribution in [2.75, 3.05) is 0 Å². The van der Waals surface area contributed by atoms with E-state index in [2.05, 4.69) is 105 Å². The second-order valence-electron chi connectivity index (χ2n) is 14.6. The maximum atomic E-state index is 6.61. The van der Waals surface area contributed by atoms with Gasteiger partial charge in [-0.15, -0.1) is 27.7 Å². The molecule has 0 unspecified atom stereocenters. The van der Waals surface area contributed by atoms with E-state index in [4.69, 9.17) is 39.2 Å². The lowest BCUT2D eigenvalue weighted by atomic mass is 9.59. The maximum Gasteiger partial charge on any atom is 0.113 e. The molecule has 5 rings (SSSR count). The van der Waals surface area contributed by atoms with Crippen LogP contribution in [0.1, 0.15) is 79.0 Å². The van der Waals surface area contributed by atoms with Crippen LogP contribution in [0.25, 0.3) is 42.4 Å². The highest BCUT2D eigenvalue weighted by molar-refractivity contribution is 7.26. The fraction of sp³-hybridized carbons (Fsp3) is 0.333. The van der Waals surface area contributed by atoms with Crippen LogP contribution in [0.2, 0.25) is 0 Å². The van der Waals surface area contributed by atoms with Crippen molar-refractivity contribution in [2.45, 2.75) is 78.6 Å². The topological polar surface area (TPSA) is 0 Å². The van der Waals surface area contributed by atoms with Crippen molar-refractivity contribution in [3.8, 4) is 22.3 Å². The molecule has 1 heterocycles. The molecule has 0 atom stereocenters. The van der Waals surface area contributed by atoms with Crippen LogP contribution in [0.3, 0.4) is 0 Å². The van der Waals surface area contributed by atoms with E-state index in [0.29, 0.717) is 16.5 Å². The second kappa shape index (κ2) is 10.3. The Morgan fingerprint density at radius 2 is 1.00 bits per heavy atom. The summed E-state index contributed by atoms with van der Waals surface area (Å²) in [5.74, 6) is 0. The summed E-state index contributed by atoms with van der Waals surface area (Å²) in [4.78, 5) is 0. The van der Waals surface area contributed by atoms with Gasteiger partial charge in [-0.3, -0.25) is 0 Å². The molecule has 0 N–H and O–H groups in total. The predicted molar refractivity (Wildman–Crippen MR) is 193 cm³/mol. The summed E-state index contributed by atoms with van der Waals surface area (Å²) in [6, 6.07) is 17.9. The smallest absolute Gasteiger partial charge is 0.113 e. The molecule has 0 nitrogen and oxygen atoms in total. The molecule has 0 aliphatic heterocycles. The van der Waals surface area contributed by atoms with Gasteiger partial charge in [-0.25, -0.2) is 0 Å². The molecule has 200 valence electrons. The fourth-order valence-corrected chi connectivity index (χ4v) is 7.07. The van der Waals surface area contributed by atoms with E-state index >= 15 is 0 Å². The minimum atomic E-state index is -0.175. The van der Waals surface area contributed by atoms with Crippen molar-refractivity contribution in [3.63, 3.8) is 0 Å². The van der Waals surface area contributed by atoms with E-state index in [9.17, 15) is 0 Å². The number of thiophene rings is 1. The van der Waals surface area contributed by atoms with Gasteiger partial charge >= 0.3 is 0 Å². The third-order valence-corrected chi connectivity index (χ3v) is 9.48. The van der Waals surface area contributed by atoms with E-state index in [1.54, 1.807) is 11.3 Å². The van der Waals surface area contributed by atoms with Gasteiger partial charge in [-0.05, 0) is 67.3 Å². The predicted octanol–water partition coefficient (Wildman–Crippen LogP) is 5.25. The van der Waals surface area contributed by atoms with Crippen molar-refractivity contribution in [2.24, 2.45) is 0 Å². The van der Waals surface area contributed by atoms with Crippen LogP contribution in [-0.4, -0.2) is 39.2 Å². The zero-order chi connectivity index (χ0) is 31.1. The summed E-state index contributed by atoms with van der Waals surface area (Å²) >= 11 is 1.77. The molecule has 0 amide bonds. The first-order valence-electron chi connectivity index (χ1n) is 14.5. The van der Waals surface area contributed by atoms with Gasteiger partial charge in [-0.1, -0.05) is 110 Å². The molecule has 0 aliphatic rings. The fourth-order valence-electron chi connectivity index (χ4n) is 5.93. The largest absolute Gasteiger partial charge is 0.135 e. The van der Waals surface area contributed by atoms with Crippen LogP contribution in [0.5, 0.6) is 0 Å². The zero-order valence-electron chi connectivity index (χ0n) is 26.4. The first-order chi connectivity index (χ1) is 19.3. The molecule has 0 aliphatic carbocycles. The molecule has 4 aromatic carbocycles. The van der Waals surface area contributed by atoms with Crippen molar-refractivity contribution >= 4 is 98.1 Å². The van der Waals surface area contributed by atoms with Gasteiger partial charge in [0.2, 0.25) is 0 Å². The molecule has 10 radical (unpaired) electrons. The maximum absolute atomic E-state index is 6.61. The average Bonchev–Trinajstić information content (AvgIpc) is 3.28. The van der Waals surface area contributed by atoms with Gasteiger partial charge in [0.15, 0.2) is 0 Å². The van der Waals surface area contributed by atoms with Crippen LogP contribution < -0.4 is 27.3 Å². The minimum Gasteiger partial charge on any atom is -0.135 e. The molecule has 1 aromatic heterocycles. The zero-order valence-corrected chi connectivity index (χ0v) is 27.2. The van der Waals surface area contributed by atoms with Crippen LogP contribution >= 0.6 is 11.3 Å². The molecule has 6 heteroatoms. The molecular weight excluding hydrogens is 519 g/mol. The van der Waals surface area contributed by atoms with Gasteiger partial charge in [-0.2, -0.15) is 0 Å². The SMILES string of the molecule is [B]c1c([B])c([B])c(-c2cccc3sc4ccc(-c5cc(C(C)(C)C)cc(C(C)(C)C)c5)c(C(C)(C)C)c4c23)c([B])c1[B]. The van der Waals surface area contributed by atoms with E-state index < -0.39 is 0 Å². The highest BCUT2D eigenvalue weighted by Gasteiger charge is 2.28. The highest BCUT2D eigenvalue weighted by Crippen LogP contribution is 2.48. The van der Waals surface area contributed by atoms with Gasteiger partial charge < -0.3 is 0 Å². The summed E-state index contributed by atoms with van der Waals surface area (Å²) in [6.07, 6.45) is 0. The van der Waals surface area contributed by atoms with Gasteiger partial charge in [0.1, 0.15) is 39.2 Å². The van der Waals surface area contributed by atoms with E-state index in [-0.39, 0.29) is 32.6 Å². The molecule has 0 spiro atoms. The lowest BCUT2D eigenvalue weighted by Gasteiger charge is -2.29. The van der Waals surface area contributed by atoms with E-state index in [0.717, 1.165) is 15.6 Å². The molecule has 0 fully saturated rings. The third kappa shape index (κ3) is 5.13. The summed E-state index contributed by atoms with van der Waals surface area (Å²) in [6.45, 7) is 20.6. The van der Waals surface area contributed by atoms with Gasteiger partial charge in [0.05, 0.1) is 0 Å². The first kappa shape index (κ1) is 30.9. The molecule has 42 heavy (non-hydrogen) atoms. The van der Waals surface area contributed by atoms with Crippen molar-refractivity contribution in [3.05, 3.63) is 65.2 Å². The quantitative estimate of drug-likeness (QED) is 0.262. The minimum absolute atomic E-state index is 0.00826. The van der Waals surface area contributed by atoms with Crippen LogP contribution in [-0.2, 0) is 16.2 Å². The van der Waals surface area contributed by atoms with Crippen LogP contribution in [0.15, 0.2) is 48.5 Å². The van der Waals surface area contributed by atoms with Crippen molar-refractivity contribution in [1.29, 1.82) is 0 Å².